The molecule has 0 amide bonds. The Morgan fingerprint density at radius 3 is 2.39 bits per heavy atom. The Hall–Kier alpha value is -1.20. The predicted octanol–water partition coefficient (Wildman–Crippen LogP) is 1.85. The summed E-state index contributed by atoms with van der Waals surface area (Å²) >= 11 is 0. The molecule has 0 heterocycles. The zero-order valence-corrected chi connectivity index (χ0v) is 11.8. The van der Waals surface area contributed by atoms with Crippen LogP contribution in [0.2, 0.25) is 0 Å². The summed E-state index contributed by atoms with van der Waals surface area (Å²) in [6.45, 7) is 1.93. The summed E-state index contributed by atoms with van der Waals surface area (Å²) in [4.78, 5) is 11.9. The van der Waals surface area contributed by atoms with Crippen molar-refractivity contribution in [2.45, 2.75) is 31.1 Å². The zero-order chi connectivity index (χ0) is 13.8. The number of hydrogen-bond acceptors (Lipinski definition) is 3. The topological polar surface area (TPSA) is 54.5 Å². The number of carbonyl (C=O) groups excluding carboxylic acids is 1. The van der Waals surface area contributed by atoms with E-state index >= 15 is 0 Å². The van der Waals surface area contributed by atoms with Crippen molar-refractivity contribution in [2.75, 3.05) is 14.1 Å². The van der Waals surface area contributed by atoms with E-state index < -0.39 is 10.0 Å². The van der Waals surface area contributed by atoms with Gasteiger partial charge in [0.15, 0.2) is 0 Å². The molecule has 0 aromatic heterocycles. The standard InChI is InChI=1S/C13H19NO3S/c1-4-7-12(15)10-11-8-5-6-9-13(11)18(16,17)14(2)3/h5-6,8-9H,4,7,10H2,1-3H3. The first kappa shape index (κ1) is 14.9. The fraction of sp³-hybridized carbons (Fsp3) is 0.462. The molecule has 1 aromatic rings. The molecule has 4 nitrogen and oxygen atoms in total. The summed E-state index contributed by atoms with van der Waals surface area (Å²) in [5.41, 5.74) is 0.574. The number of sulfonamides is 1. The normalized spacial score (nSPS) is 11.8. The first-order valence-corrected chi connectivity index (χ1v) is 7.35. The van der Waals surface area contributed by atoms with Crippen molar-refractivity contribution >= 4 is 15.8 Å². The Morgan fingerprint density at radius 1 is 1.22 bits per heavy atom. The van der Waals surface area contributed by atoms with Gasteiger partial charge in [0.2, 0.25) is 10.0 Å². The first-order valence-electron chi connectivity index (χ1n) is 5.91. The Kier molecular flexibility index (Phi) is 5.04. The molecular formula is C13H19NO3S. The monoisotopic (exact) mass is 269 g/mol. The average molecular weight is 269 g/mol. The lowest BCUT2D eigenvalue weighted by atomic mass is 10.1. The molecule has 0 fully saturated rings. The number of benzene rings is 1. The van der Waals surface area contributed by atoms with Gasteiger partial charge >= 0.3 is 0 Å². The minimum Gasteiger partial charge on any atom is -0.299 e. The van der Waals surface area contributed by atoms with Crippen molar-refractivity contribution in [3.8, 4) is 0 Å². The maximum absolute atomic E-state index is 12.1. The van der Waals surface area contributed by atoms with Crippen molar-refractivity contribution in [2.24, 2.45) is 0 Å². The summed E-state index contributed by atoms with van der Waals surface area (Å²) < 4.78 is 25.4. The van der Waals surface area contributed by atoms with Gasteiger partial charge < -0.3 is 0 Å². The molecule has 0 saturated carbocycles. The molecule has 0 N–H and O–H groups in total. The molecular weight excluding hydrogens is 250 g/mol. The van der Waals surface area contributed by atoms with E-state index in [1.807, 2.05) is 6.92 Å². The minimum absolute atomic E-state index is 0.0684. The van der Waals surface area contributed by atoms with Gasteiger partial charge in [0.05, 0.1) is 4.90 Å². The second-order valence-corrected chi connectivity index (χ2v) is 6.48. The molecule has 0 aliphatic carbocycles. The van der Waals surface area contributed by atoms with E-state index in [1.54, 1.807) is 24.3 Å². The van der Waals surface area contributed by atoms with Crippen LogP contribution in [-0.2, 0) is 21.2 Å². The lowest BCUT2D eigenvalue weighted by Gasteiger charge is -2.14. The van der Waals surface area contributed by atoms with Gasteiger partial charge in [-0.3, -0.25) is 4.79 Å². The van der Waals surface area contributed by atoms with Crippen LogP contribution in [0.15, 0.2) is 29.2 Å². The summed E-state index contributed by atoms with van der Waals surface area (Å²) in [6, 6.07) is 6.67. The highest BCUT2D eigenvalue weighted by Gasteiger charge is 2.21. The number of nitrogens with zero attached hydrogens (tertiary/aromatic N) is 1. The third-order valence-corrected chi connectivity index (χ3v) is 4.56. The van der Waals surface area contributed by atoms with Crippen LogP contribution in [0.1, 0.15) is 25.3 Å². The fourth-order valence-corrected chi connectivity index (χ4v) is 2.79. The van der Waals surface area contributed by atoms with Gasteiger partial charge in [-0.05, 0) is 18.1 Å². The van der Waals surface area contributed by atoms with Gasteiger partial charge in [-0.15, -0.1) is 0 Å². The Labute approximate surface area is 109 Å². The van der Waals surface area contributed by atoms with Crippen LogP contribution in [0.5, 0.6) is 0 Å². The highest BCUT2D eigenvalue weighted by molar-refractivity contribution is 7.89. The highest BCUT2D eigenvalue weighted by atomic mass is 32.2. The van der Waals surface area contributed by atoms with Gasteiger partial charge in [0.1, 0.15) is 5.78 Å². The van der Waals surface area contributed by atoms with E-state index in [-0.39, 0.29) is 17.1 Å². The summed E-state index contributed by atoms with van der Waals surface area (Å²) in [6.07, 6.45) is 1.44. The largest absolute Gasteiger partial charge is 0.299 e. The molecule has 1 rings (SSSR count). The molecule has 0 aliphatic rings. The first-order chi connectivity index (χ1) is 8.39. The van der Waals surface area contributed by atoms with Crippen LogP contribution in [0.3, 0.4) is 0 Å². The number of Topliss-reactive ketones (excluding diaryl/α,β-unsaturated/α-hetero) is 1. The van der Waals surface area contributed by atoms with Gasteiger partial charge in [0.25, 0.3) is 0 Å². The number of ketones is 1. The van der Waals surface area contributed by atoms with Crippen LogP contribution < -0.4 is 0 Å². The quantitative estimate of drug-likeness (QED) is 0.792. The van der Waals surface area contributed by atoms with E-state index in [0.717, 1.165) is 10.7 Å². The third-order valence-electron chi connectivity index (χ3n) is 2.65. The SMILES string of the molecule is CCCC(=O)Cc1ccccc1S(=O)(=O)N(C)C. The second-order valence-electron chi connectivity index (χ2n) is 4.36. The summed E-state index contributed by atoms with van der Waals surface area (Å²) in [5.74, 6) is 0.0684. The maximum atomic E-state index is 12.1. The van der Waals surface area contributed by atoms with Crippen molar-refractivity contribution < 1.29 is 13.2 Å². The van der Waals surface area contributed by atoms with Crippen molar-refractivity contribution in [3.63, 3.8) is 0 Å². The molecule has 1 aromatic carbocycles. The number of hydrogen-bond donors (Lipinski definition) is 0. The second kappa shape index (κ2) is 6.11. The van der Waals surface area contributed by atoms with Gasteiger partial charge in [-0.2, -0.15) is 0 Å². The van der Waals surface area contributed by atoms with Gasteiger partial charge in [0, 0.05) is 26.9 Å². The van der Waals surface area contributed by atoms with E-state index in [9.17, 15) is 13.2 Å². The fourth-order valence-electron chi connectivity index (χ4n) is 1.68. The van der Waals surface area contributed by atoms with E-state index in [2.05, 4.69) is 0 Å². The average Bonchev–Trinajstić information content (AvgIpc) is 2.29. The minimum atomic E-state index is -3.49. The number of carbonyl (C=O) groups is 1. The Balaban J connectivity index is 3.12. The molecule has 0 unspecified atom stereocenters. The maximum Gasteiger partial charge on any atom is 0.242 e. The van der Waals surface area contributed by atoms with Crippen LogP contribution in [0.25, 0.3) is 0 Å². The van der Waals surface area contributed by atoms with Crippen LogP contribution >= 0.6 is 0 Å². The molecule has 18 heavy (non-hydrogen) atoms. The van der Waals surface area contributed by atoms with E-state index in [0.29, 0.717) is 12.0 Å². The molecule has 0 atom stereocenters. The molecule has 0 saturated heterocycles. The highest BCUT2D eigenvalue weighted by Crippen LogP contribution is 2.19. The summed E-state index contributed by atoms with van der Waals surface area (Å²) in [5, 5.41) is 0. The van der Waals surface area contributed by atoms with Crippen LogP contribution in [-0.4, -0.2) is 32.6 Å². The van der Waals surface area contributed by atoms with Crippen molar-refractivity contribution in [1.82, 2.24) is 4.31 Å². The Bertz CT molecular complexity index is 521. The number of rotatable bonds is 6. The molecule has 0 spiro atoms. The van der Waals surface area contributed by atoms with Crippen molar-refractivity contribution in [3.05, 3.63) is 29.8 Å². The van der Waals surface area contributed by atoms with E-state index in [1.165, 1.54) is 14.1 Å². The van der Waals surface area contributed by atoms with Gasteiger partial charge in [-0.25, -0.2) is 12.7 Å². The third kappa shape index (κ3) is 3.40. The smallest absolute Gasteiger partial charge is 0.242 e. The van der Waals surface area contributed by atoms with Crippen LogP contribution in [0.4, 0.5) is 0 Å². The molecule has 100 valence electrons. The van der Waals surface area contributed by atoms with Crippen molar-refractivity contribution in [1.29, 1.82) is 0 Å². The summed E-state index contributed by atoms with van der Waals surface area (Å²) in [7, 11) is -0.515. The zero-order valence-electron chi connectivity index (χ0n) is 11.0. The lowest BCUT2D eigenvalue weighted by Crippen LogP contribution is -2.23. The van der Waals surface area contributed by atoms with E-state index in [4.69, 9.17) is 0 Å². The van der Waals surface area contributed by atoms with Crippen LogP contribution in [0, 0.1) is 0 Å². The molecule has 0 aliphatic heterocycles. The lowest BCUT2D eigenvalue weighted by molar-refractivity contribution is -0.118. The molecule has 0 radical (unpaired) electrons. The molecule has 0 bridgehead atoms. The predicted molar refractivity (Wildman–Crippen MR) is 70.9 cm³/mol. The van der Waals surface area contributed by atoms with Gasteiger partial charge in [-0.1, -0.05) is 25.1 Å². The molecule has 5 heteroatoms. The Morgan fingerprint density at radius 2 is 1.83 bits per heavy atom.